The number of aromatic nitrogens is 4. The van der Waals surface area contributed by atoms with Gasteiger partial charge in [0.05, 0.1) is 19.3 Å². The van der Waals surface area contributed by atoms with E-state index < -0.39 is 0 Å². The van der Waals surface area contributed by atoms with Crippen LogP contribution in [0.25, 0.3) is 0 Å². The maximum Gasteiger partial charge on any atom is 0.240 e. The largest absolute Gasteiger partial charge is 0.373 e. The van der Waals surface area contributed by atoms with Crippen LogP contribution < -0.4 is 5.73 Å². The number of hydrogen-bond donors (Lipinski definition) is 1. The van der Waals surface area contributed by atoms with E-state index in [2.05, 4.69) is 20.4 Å². The second-order valence-corrected chi connectivity index (χ2v) is 4.47. The van der Waals surface area contributed by atoms with E-state index in [9.17, 15) is 0 Å². The number of nitrogen functional groups attached to an aromatic ring is 1. The molecular weight excluding hydrogens is 208 g/mol. The summed E-state index contributed by atoms with van der Waals surface area (Å²) in [6.45, 7) is 3.62. The number of anilines is 1. The number of tetrazole rings is 1. The first-order valence-electron chi connectivity index (χ1n) is 5.70. The summed E-state index contributed by atoms with van der Waals surface area (Å²) in [5.74, 6) is 0.354. The van der Waals surface area contributed by atoms with Gasteiger partial charge in [-0.2, -0.15) is 0 Å². The van der Waals surface area contributed by atoms with Crippen LogP contribution >= 0.6 is 0 Å². The van der Waals surface area contributed by atoms with E-state index in [4.69, 9.17) is 10.5 Å². The van der Waals surface area contributed by atoms with Crippen molar-refractivity contribution < 1.29 is 4.74 Å². The fourth-order valence-electron chi connectivity index (χ4n) is 2.53. The molecule has 2 aliphatic rings. The Morgan fingerprint density at radius 2 is 2.44 bits per heavy atom. The van der Waals surface area contributed by atoms with Crippen molar-refractivity contribution in [3.8, 4) is 0 Å². The minimum absolute atomic E-state index is 0.153. The molecule has 2 fully saturated rings. The summed E-state index contributed by atoms with van der Waals surface area (Å²) in [5.41, 5.74) is 5.62. The zero-order chi connectivity index (χ0) is 11.0. The second-order valence-electron chi connectivity index (χ2n) is 4.47. The minimum atomic E-state index is 0.153. The quantitative estimate of drug-likeness (QED) is 0.702. The van der Waals surface area contributed by atoms with Gasteiger partial charge in [0, 0.05) is 12.6 Å². The molecule has 1 aromatic rings. The molecule has 0 amide bonds. The smallest absolute Gasteiger partial charge is 0.240 e. The van der Waals surface area contributed by atoms with Gasteiger partial charge in [0.15, 0.2) is 0 Å². The Morgan fingerprint density at radius 1 is 1.50 bits per heavy atom. The lowest BCUT2D eigenvalue weighted by Gasteiger charge is -2.34. The molecule has 0 saturated carbocycles. The number of rotatable bonds is 2. The number of morpholine rings is 1. The first-order valence-corrected chi connectivity index (χ1v) is 5.70. The van der Waals surface area contributed by atoms with Crippen LogP contribution in [0.3, 0.4) is 0 Å². The van der Waals surface area contributed by atoms with Crippen LogP contribution in [0.1, 0.15) is 12.8 Å². The van der Waals surface area contributed by atoms with Crippen LogP contribution in [-0.2, 0) is 11.3 Å². The monoisotopic (exact) mass is 224 g/mol. The van der Waals surface area contributed by atoms with Crippen molar-refractivity contribution in [2.24, 2.45) is 0 Å². The van der Waals surface area contributed by atoms with Gasteiger partial charge in [-0.3, -0.25) is 4.90 Å². The Kier molecular flexibility index (Phi) is 2.49. The molecule has 2 N–H and O–H groups in total. The van der Waals surface area contributed by atoms with Crippen molar-refractivity contribution in [2.75, 3.05) is 25.4 Å². The third-order valence-electron chi connectivity index (χ3n) is 3.40. The summed E-state index contributed by atoms with van der Waals surface area (Å²) in [4.78, 5) is 2.49. The summed E-state index contributed by atoms with van der Waals surface area (Å²) in [6.07, 6.45) is 2.70. The van der Waals surface area contributed by atoms with Crippen molar-refractivity contribution in [1.29, 1.82) is 0 Å². The average molecular weight is 224 g/mol. The van der Waals surface area contributed by atoms with Gasteiger partial charge in [-0.15, -0.1) is 0 Å². The van der Waals surface area contributed by atoms with E-state index >= 15 is 0 Å². The molecule has 7 nitrogen and oxygen atoms in total. The van der Waals surface area contributed by atoms with Gasteiger partial charge >= 0.3 is 0 Å². The topological polar surface area (TPSA) is 82.1 Å². The highest BCUT2D eigenvalue weighted by Gasteiger charge is 2.32. The van der Waals surface area contributed by atoms with Crippen LogP contribution in [0.2, 0.25) is 0 Å². The summed E-state index contributed by atoms with van der Waals surface area (Å²) < 4.78 is 7.40. The van der Waals surface area contributed by atoms with Crippen molar-refractivity contribution in [2.45, 2.75) is 31.5 Å². The first-order chi connectivity index (χ1) is 7.83. The van der Waals surface area contributed by atoms with Gasteiger partial charge in [-0.1, -0.05) is 5.10 Å². The Balaban J connectivity index is 1.62. The molecule has 3 heterocycles. The van der Waals surface area contributed by atoms with E-state index in [1.165, 1.54) is 19.4 Å². The molecule has 0 aromatic carbocycles. The molecule has 0 aliphatic carbocycles. The number of fused-ring (bicyclic) bond motifs is 1. The van der Waals surface area contributed by atoms with Crippen LogP contribution in [0.15, 0.2) is 0 Å². The molecule has 2 unspecified atom stereocenters. The molecule has 1 aromatic heterocycles. The number of nitrogens with two attached hydrogens (primary N) is 1. The molecule has 0 radical (unpaired) electrons. The summed E-state index contributed by atoms with van der Waals surface area (Å²) in [5, 5.41) is 11.0. The van der Waals surface area contributed by atoms with Gasteiger partial charge in [-0.25, -0.2) is 4.68 Å². The lowest BCUT2D eigenvalue weighted by molar-refractivity contribution is -0.0563. The molecule has 88 valence electrons. The molecule has 16 heavy (non-hydrogen) atoms. The van der Waals surface area contributed by atoms with E-state index in [0.717, 1.165) is 13.2 Å². The van der Waals surface area contributed by atoms with Crippen LogP contribution in [0.5, 0.6) is 0 Å². The third-order valence-corrected chi connectivity index (χ3v) is 3.40. The highest BCUT2D eigenvalue weighted by atomic mass is 16.5. The Hall–Kier alpha value is -1.21. The Bertz CT molecular complexity index is 367. The van der Waals surface area contributed by atoms with Gasteiger partial charge < -0.3 is 10.5 Å². The zero-order valence-corrected chi connectivity index (χ0v) is 9.12. The van der Waals surface area contributed by atoms with Gasteiger partial charge in [0.2, 0.25) is 5.95 Å². The normalized spacial score (nSPS) is 30.5. The Labute approximate surface area is 93.5 Å². The molecule has 2 saturated heterocycles. The average Bonchev–Trinajstić information content (AvgIpc) is 2.88. The SMILES string of the molecule is Nc1nnnn1CC1CN2CCCC2CO1. The third kappa shape index (κ3) is 1.76. The number of hydrogen-bond acceptors (Lipinski definition) is 6. The summed E-state index contributed by atoms with van der Waals surface area (Å²) in [7, 11) is 0. The maximum absolute atomic E-state index is 5.81. The van der Waals surface area contributed by atoms with E-state index in [1.807, 2.05) is 0 Å². The predicted octanol–water partition coefficient (Wildman–Crippen LogP) is -0.882. The molecule has 2 aliphatic heterocycles. The Morgan fingerprint density at radius 3 is 3.25 bits per heavy atom. The fourth-order valence-corrected chi connectivity index (χ4v) is 2.53. The van der Waals surface area contributed by atoms with E-state index in [-0.39, 0.29) is 6.10 Å². The first kappa shape index (κ1) is 9.98. The molecule has 3 rings (SSSR count). The predicted molar refractivity (Wildman–Crippen MR) is 56.6 cm³/mol. The van der Waals surface area contributed by atoms with Gasteiger partial charge in [0.25, 0.3) is 0 Å². The standard InChI is InChI=1S/C9H16N6O/c10-9-11-12-13-15(9)5-8-4-14-3-1-2-7(14)6-16-8/h7-8H,1-6H2,(H2,10,11,13). The molecule has 2 atom stereocenters. The molecule has 7 heteroatoms. The lowest BCUT2D eigenvalue weighted by atomic mass is 10.2. The minimum Gasteiger partial charge on any atom is -0.373 e. The molecular formula is C9H16N6O. The van der Waals surface area contributed by atoms with E-state index in [0.29, 0.717) is 18.5 Å². The summed E-state index contributed by atoms with van der Waals surface area (Å²) >= 11 is 0. The molecule has 0 bridgehead atoms. The van der Waals surface area contributed by atoms with Crippen LogP contribution in [0, 0.1) is 0 Å². The summed E-state index contributed by atoms with van der Waals surface area (Å²) in [6, 6.07) is 0.627. The van der Waals surface area contributed by atoms with E-state index in [1.54, 1.807) is 4.68 Å². The highest BCUT2D eigenvalue weighted by Crippen LogP contribution is 2.23. The van der Waals surface area contributed by atoms with Gasteiger partial charge in [0.1, 0.15) is 0 Å². The molecule has 0 spiro atoms. The second kappa shape index (κ2) is 3.99. The van der Waals surface area contributed by atoms with Crippen molar-refractivity contribution in [3.63, 3.8) is 0 Å². The lowest BCUT2D eigenvalue weighted by Crippen LogP contribution is -2.47. The van der Waals surface area contributed by atoms with Gasteiger partial charge in [-0.05, 0) is 29.8 Å². The number of nitrogens with zero attached hydrogens (tertiary/aromatic N) is 5. The number of ether oxygens (including phenoxy) is 1. The maximum atomic E-state index is 5.81. The van der Waals surface area contributed by atoms with Crippen molar-refractivity contribution >= 4 is 5.95 Å². The van der Waals surface area contributed by atoms with Crippen LogP contribution in [0.4, 0.5) is 5.95 Å². The fraction of sp³-hybridized carbons (Fsp3) is 0.889. The van der Waals surface area contributed by atoms with Crippen LogP contribution in [-0.4, -0.2) is 56.9 Å². The van der Waals surface area contributed by atoms with Crippen molar-refractivity contribution in [3.05, 3.63) is 0 Å². The van der Waals surface area contributed by atoms with Crippen molar-refractivity contribution in [1.82, 2.24) is 25.1 Å². The highest BCUT2D eigenvalue weighted by molar-refractivity contribution is 5.10. The zero-order valence-electron chi connectivity index (χ0n) is 9.12.